The number of hydrogen-bond acceptors (Lipinski definition) is 6. The molecule has 2 aromatic carbocycles. The van der Waals surface area contributed by atoms with Crippen LogP contribution in [0.1, 0.15) is 63.1 Å². The Kier molecular flexibility index (Phi) is 5.96. The van der Waals surface area contributed by atoms with Crippen LogP contribution in [-0.2, 0) is 21.6 Å². The Balaban J connectivity index is 1.91. The summed E-state index contributed by atoms with van der Waals surface area (Å²) in [7, 11) is 0. The average Bonchev–Trinajstić information content (AvgIpc) is 2.81. The fourth-order valence-electron chi connectivity index (χ4n) is 5.08. The molecule has 3 heterocycles. The third-order valence-corrected chi connectivity index (χ3v) is 6.66. The third kappa shape index (κ3) is 4.54. The minimum absolute atomic E-state index is 0.530. The minimum Gasteiger partial charge on any atom is -0.493 e. The number of hydrogen-bond donors (Lipinski definition) is 2. The number of rotatable bonds is 5. The van der Waals surface area contributed by atoms with Crippen LogP contribution >= 0.6 is 0 Å². The van der Waals surface area contributed by atoms with E-state index in [-0.39, 0.29) is 0 Å². The second-order valence-electron chi connectivity index (χ2n) is 11.2. The molecule has 0 radical (unpaired) electrons. The zero-order chi connectivity index (χ0) is 26.7. The first-order valence-corrected chi connectivity index (χ1v) is 12.5. The number of aliphatic hydroxyl groups is 1. The quantitative estimate of drug-likeness (QED) is 0.354. The highest BCUT2D eigenvalue weighted by Gasteiger charge is 2.33. The first-order chi connectivity index (χ1) is 17.3. The summed E-state index contributed by atoms with van der Waals surface area (Å²) < 4.78 is 12.1. The summed E-state index contributed by atoms with van der Waals surface area (Å²) in [6.07, 6.45) is 1.35. The minimum atomic E-state index is -1.21. The predicted molar refractivity (Wildman–Crippen MR) is 143 cm³/mol. The van der Waals surface area contributed by atoms with E-state index < -0.39 is 23.3 Å². The second kappa shape index (κ2) is 8.78. The van der Waals surface area contributed by atoms with Gasteiger partial charge in [0.05, 0.1) is 28.9 Å². The number of benzene rings is 2. The number of pyridine rings is 2. The number of ether oxygens (including phenoxy) is 2. The number of aryl methyl sites for hydroxylation is 1. The van der Waals surface area contributed by atoms with Crippen LogP contribution in [0.5, 0.6) is 5.75 Å². The Hall–Kier alpha value is -3.55. The molecule has 4 aromatic rings. The van der Waals surface area contributed by atoms with Gasteiger partial charge in [-0.2, -0.15) is 0 Å². The van der Waals surface area contributed by atoms with E-state index in [2.05, 4.69) is 0 Å². The van der Waals surface area contributed by atoms with Crippen molar-refractivity contribution in [1.82, 2.24) is 9.97 Å². The number of aromatic nitrogens is 2. The molecule has 0 bridgehead atoms. The molecule has 0 unspecified atom stereocenters. The summed E-state index contributed by atoms with van der Waals surface area (Å²) in [5.74, 6) is -0.298. The smallest absolute Gasteiger partial charge is 0.337 e. The molecule has 5 rings (SSSR count). The lowest BCUT2D eigenvalue weighted by Gasteiger charge is -2.29. The molecular formula is C30H32N2O5. The van der Waals surface area contributed by atoms with Crippen LogP contribution in [0.2, 0.25) is 0 Å². The first kappa shape index (κ1) is 25.1. The lowest BCUT2D eigenvalue weighted by Crippen LogP contribution is -2.28. The zero-order valence-corrected chi connectivity index (χ0v) is 22.0. The highest BCUT2D eigenvalue weighted by Crippen LogP contribution is 2.45. The molecule has 0 fully saturated rings. The van der Waals surface area contributed by atoms with Crippen LogP contribution in [0.4, 0.5) is 0 Å². The molecule has 0 aliphatic carbocycles. The van der Waals surface area contributed by atoms with E-state index in [1.54, 1.807) is 26.1 Å². The lowest BCUT2D eigenvalue weighted by atomic mass is 9.86. The van der Waals surface area contributed by atoms with Gasteiger partial charge in [0, 0.05) is 34.5 Å². The van der Waals surface area contributed by atoms with Crippen LogP contribution in [0, 0.1) is 6.92 Å². The van der Waals surface area contributed by atoms with E-state index in [0.29, 0.717) is 28.9 Å². The van der Waals surface area contributed by atoms with E-state index in [1.165, 1.54) is 0 Å². The summed E-state index contributed by atoms with van der Waals surface area (Å²) >= 11 is 0. The van der Waals surface area contributed by atoms with E-state index in [9.17, 15) is 15.0 Å². The molecule has 7 heteroatoms. The first-order valence-electron chi connectivity index (χ1n) is 12.5. The van der Waals surface area contributed by atoms with E-state index in [1.807, 2.05) is 58.0 Å². The van der Waals surface area contributed by atoms with E-state index in [0.717, 1.165) is 45.1 Å². The van der Waals surface area contributed by atoms with Crippen molar-refractivity contribution in [2.75, 3.05) is 6.61 Å². The summed E-state index contributed by atoms with van der Waals surface area (Å²) in [6.45, 7) is 11.4. The Morgan fingerprint density at radius 3 is 2.54 bits per heavy atom. The van der Waals surface area contributed by atoms with Gasteiger partial charge in [0.25, 0.3) is 0 Å². The molecule has 37 heavy (non-hydrogen) atoms. The number of carboxylic acid groups (broad SMARTS) is 1. The van der Waals surface area contributed by atoms with Crippen LogP contribution in [-0.4, -0.2) is 38.4 Å². The van der Waals surface area contributed by atoms with Gasteiger partial charge >= 0.3 is 5.97 Å². The maximum absolute atomic E-state index is 12.7. The van der Waals surface area contributed by atoms with E-state index in [4.69, 9.17) is 19.4 Å². The van der Waals surface area contributed by atoms with Gasteiger partial charge in [-0.15, -0.1) is 0 Å². The van der Waals surface area contributed by atoms with Crippen LogP contribution in [0.3, 0.4) is 0 Å². The summed E-state index contributed by atoms with van der Waals surface area (Å²) in [5, 5.41) is 22.6. The Labute approximate surface area is 216 Å². The standard InChI is InChI=1S/C30H32N2O5/c1-16-15-20-18(8-10-22(32-20)30(5,6)35)25(23(16)27(28(33)34)37-29(2,3)4)19-7-9-21-24-17(12-14-36-21)11-13-31-26(19)24/h7-11,13,15,27,35H,12,14H2,1-6H3,(H,33,34)/t27-/m0/s1. The van der Waals surface area contributed by atoms with Crippen molar-refractivity contribution in [1.29, 1.82) is 0 Å². The monoisotopic (exact) mass is 500 g/mol. The maximum atomic E-state index is 12.7. The molecule has 192 valence electrons. The van der Waals surface area contributed by atoms with Crippen LogP contribution < -0.4 is 4.74 Å². The zero-order valence-electron chi connectivity index (χ0n) is 22.0. The van der Waals surface area contributed by atoms with Crippen molar-refractivity contribution >= 4 is 27.8 Å². The van der Waals surface area contributed by atoms with Crippen molar-refractivity contribution in [3.05, 3.63) is 65.0 Å². The third-order valence-electron chi connectivity index (χ3n) is 6.66. The molecule has 2 aromatic heterocycles. The number of fused-ring (bicyclic) bond motifs is 1. The van der Waals surface area contributed by atoms with Gasteiger partial charge in [-0.1, -0.05) is 6.07 Å². The van der Waals surface area contributed by atoms with Crippen molar-refractivity contribution in [3.63, 3.8) is 0 Å². The topological polar surface area (TPSA) is 102 Å². The van der Waals surface area contributed by atoms with Gasteiger partial charge in [-0.05, 0) is 88.6 Å². The maximum Gasteiger partial charge on any atom is 0.337 e. The second-order valence-corrected chi connectivity index (χ2v) is 11.2. The van der Waals surface area contributed by atoms with Gasteiger partial charge < -0.3 is 19.7 Å². The SMILES string of the molecule is Cc1cc2nc(C(C)(C)O)ccc2c(-c2ccc3c4c(ccnc24)CCO3)c1[C@H](OC(C)(C)C)C(=O)O. The number of aliphatic carboxylic acids is 1. The van der Waals surface area contributed by atoms with Gasteiger partial charge in [0.2, 0.25) is 0 Å². The fraction of sp³-hybridized carbons (Fsp3) is 0.367. The normalized spacial score (nSPS) is 14.6. The average molecular weight is 501 g/mol. The van der Waals surface area contributed by atoms with Crippen LogP contribution in [0.25, 0.3) is 32.9 Å². The van der Waals surface area contributed by atoms with Gasteiger partial charge in [-0.3, -0.25) is 4.98 Å². The molecule has 0 saturated carbocycles. The summed E-state index contributed by atoms with van der Waals surface area (Å²) in [6, 6.07) is 11.4. The highest BCUT2D eigenvalue weighted by atomic mass is 16.5. The number of carbonyl (C=O) groups is 1. The Morgan fingerprint density at radius 2 is 1.86 bits per heavy atom. The van der Waals surface area contributed by atoms with Gasteiger partial charge in [0.1, 0.15) is 11.4 Å². The van der Waals surface area contributed by atoms with Gasteiger partial charge in [0.15, 0.2) is 6.10 Å². The highest BCUT2D eigenvalue weighted by molar-refractivity contribution is 6.08. The molecule has 0 saturated heterocycles. The van der Waals surface area contributed by atoms with E-state index >= 15 is 0 Å². The molecule has 7 nitrogen and oxygen atoms in total. The van der Waals surface area contributed by atoms with Gasteiger partial charge in [-0.25, -0.2) is 9.78 Å². The van der Waals surface area contributed by atoms with Crippen molar-refractivity contribution in [2.24, 2.45) is 0 Å². The summed E-state index contributed by atoms with van der Waals surface area (Å²) in [5.41, 5.74) is 4.05. The molecule has 1 aliphatic heterocycles. The Morgan fingerprint density at radius 1 is 1.11 bits per heavy atom. The fourth-order valence-corrected chi connectivity index (χ4v) is 5.08. The summed E-state index contributed by atoms with van der Waals surface area (Å²) in [4.78, 5) is 22.2. The molecule has 1 atom stereocenters. The van der Waals surface area contributed by atoms with Crippen molar-refractivity contribution in [2.45, 2.75) is 65.3 Å². The predicted octanol–water partition coefficient (Wildman–Crippen LogP) is 5.86. The Bertz CT molecular complexity index is 1540. The van der Waals surface area contributed by atoms with Crippen molar-refractivity contribution < 1.29 is 24.5 Å². The molecule has 1 aliphatic rings. The van der Waals surface area contributed by atoms with Crippen molar-refractivity contribution in [3.8, 4) is 16.9 Å². The number of carboxylic acids is 1. The number of nitrogens with zero attached hydrogens (tertiary/aromatic N) is 2. The lowest BCUT2D eigenvalue weighted by molar-refractivity contribution is -0.160. The largest absolute Gasteiger partial charge is 0.493 e. The molecule has 0 amide bonds. The van der Waals surface area contributed by atoms with Crippen LogP contribution in [0.15, 0.2) is 42.6 Å². The molecule has 0 spiro atoms. The molecule has 2 N–H and O–H groups in total. The molecular weight excluding hydrogens is 468 g/mol.